The highest BCUT2D eigenvalue weighted by molar-refractivity contribution is 14.1. The standard InChI is InChI=1S/C23H26IN7O6S2/c1-13-10-15(19(21(34)28-13)31-39(35,36)12-14-4-2-3-5-16(14)24)11-18(32)29-17(6-8-37-30-23(25)26)20(33)22-27-7-9-38-22/h2-5,7,9-10,17,31H,6,8,11-12H2,1H3,(H,28,34)(H,29,32)(H4,25,26,30)/t17-/m0/s1. The quantitative estimate of drug-likeness (QED) is 0.0436. The molecule has 13 nitrogen and oxygen atoms in total. The predicted molar refractivity (Wildman–Crippen MR) is 156 cm³/mol. The predicted octanol–water partition coefficient (Wildman–Crippen LogP) is 1.19. The molecule has 0 radical (unpaired) electrons. The summed E-state index contributed by atoms with van der Waals surface area (Å²) < 4.78 is 28.9. The summed E-state index contributed by atoms with van der Waals surface area (Å²) >= 11 is 3.13. The molecule has 0 saturated carbocycles. The molecule has 0 spiro atoms. The zero-order chi connectivity index (χ0) is 28.6. The van der Waals surface area contributed by atoms with E-state index in [4.69, 9.17) is 16.3 Å². The maximum Gasteiger partial charge on any atom is 0.272 e. The van der Waals surface area contributed by atoms with Crippen molar-refractivity contribution in [3.63, 3.8) is 0 Å². The highest BCUT2D eigenvalue weighted by Crippen LogP contribution is 2.19. The smallest absolute Gasteiger partial charge is 0.272 e. The van der Waals surface area contributed by atoms with Crippen molar-refractivity contribution in [2.24, 2.45) is 16.6 Å². The number of aryl methyl sites for hydroxylation is 1. The van der Waals surface area contributed by atoms with E-state index in [9.17, 15) is 22.8 Å². The minimum Gasteiger partial charge on any atom is -0.393 e. The average molecular weight is 688 g/mol. The molecule has 1 amide bonds. The highest BCUT2D eigenvalue weighted by atomic mass is 127. The largest absolute Gasteiger partial charge is 0.393 e. The molecule has 0 aliphatic carbocycles. The first-order valence-electron chi connectivity index (χ1n) is 11.4. The maximum absolute atomic E-state index is 13.0. The van der Waals surface area contributed by atoms with Crippen molar-refractivity contribution in [2.75, 3.05) is 11.3 Å². The normalized spacial score (nSPS) is 11.8. The number of Topliss-reactive ketones (excluding diaryl/α,β-unsaturated/α-hetero) is 1. The van der Waals surface area contributed by atoms with Gasteiger partial charge in [-0.1, -0.05) is 18.2 Å². The molecule has 0 fully saturated rings. The van der Waals surface area contributed by atoms with Gasteiger partial charge in [0.2, 0.25) is 27.7 Å². The van der Waals surface area contributed by atoms with E-state index in [0.717, 1.165) is 14.9 Å². The number of pyridine rings is 1. The number of aromatic nitrogens is 2. The van der Waals surface area contributed by atoms with Crippen molar-refractivity contribution in [1.29, 1.82) is 0 Å². The molecule has 0 aliphatic heterocycles. The van der Waals surface area contributed by atoms with Crippen LogP contribution in [0.2, 0.25) is 0 Å². The Bertz CT molecular complexity index is 1520. The molecule has 0 unspecified atom stereocenters. The molecule has 3 rings (SSSR count). The van der Waals surface area contributed by atoms with E-state index in [-0.39, 0.29) is 47.4 Å². The summed E-state index contributed by atoms with van der Waals surface area (Å²) in [6, 6.07) is 7.39. The number of sulfonamides is 1. The third-order valence-corrected chi connectivity index (χ3v) is 8.17. The fourth-order valence-electron chi connectivity index (χ4n) is 3.49. The number of nitrogens with zero attached hydrogens (tertiary/aromatic N) is 2. The van der Waals surface area contributed by atoms with Crippen LogP contribution in [0.3, 0.4) is 0 Å². The van der Waals surface area contributed by atoms with Crippen LogP contribution in [-0.2, 0) is 31.8 Å². The molecule has 0 saturated heterocycles. The first-order valence-corrected chi connectivity index (χ1v) is 15.0. The van der Waals surface area contributed by atoms with Crippen LogP contribution in [0.4, 0.5) is 5.69 Å². The lowest BCUT2D eigenvalue weighted by Gasteiger charge is -2.17. The van der Waals surface area contributed by atoms with Gasteiger partial charge in [0.05, 0.1) is 18.2 Å². The lowest BCUT2D eigenvalue weighted by atomic mass is 10.1. The van der Waals surface area contributed by atoms with Crippen molar-refractivity contribution >= 4 is 67.3 Å². The van der Waals surface area contributed by atoms with Gasteiger partial charge in [-0.2, -0.15) is 0 Å². The molecule has 1 atom stereocenters. The van der Waals surface area contributed by atoms with E-state index < -0.39 is 33.3 Å². The number of hydrogen-bond donors (Lipinski definition) is 5. The number of hydrogen-bond acceptors (Lipinski definition) is 9. The topological polar surface area (TPSA) is 212 Å². The Labute approximate surface area is 241 Å². The number of halogens is 1. The number of oxime groups is 1. The first-order chi connectivity index (χ1) is 18.4. The van der Waals surface area contributed by atoms with Crippen molar-refractivity contribution < 1.29 is 22.8 Å². The minimum absolute atomic E-state index is 0.0184. The van der Waals surface area contributed by atoms with Crippen LogP contribution >= 0.6 is 33.9 Å². The number of ketones is 1. The van der Waals surface area contributed by atoms with E-state index in [1.807, 2.05) is 22.6 Å². The van der Waals surface area contributed by atoms with Crippen LogP contribution in [0.15, 0.2) is 51.9 Å². The van der Waals surface area contributed by atoms with Gasteiger partial charge in [0, 0.05) is 27.3 Å². The van der Waals surface area contributed by atoms with Crippen LogP contribution in [0.1, 0.15) is 33.0 Å². The Kier molecular flexibility index (Phi) is 10.4. The Morgan fingerprint density at radius 1 is 1.26 bits per heavy atom. The Morgan fingerprint density at radius 3 is 2.67 bits per heavy atom. The van der Waals surface area contributed by atoms with Gasteiger partial charge in [-0.15, -0.1) is 11.3 Å². The van der Waals surface area contributed by atoms with Gasteiger partial charge in [0.15, 0.2) is 5.01 Å². The number of nitrogens with one attached hydrogen (secondary N) is 3. The number of carbonyl (C=O) groups excluding carboxylic acids is 2. The summed E-state index contributed by atoms with van der Waals surface area (Å²) in [7, 11) is -4.01. The van der Waals surface area contributed by atoms with Gasteiger partial charge in [-0.05, 0) is 57.9 Å². The maximum atomic E-state index is 13.0. The summed E-state index contributed by atoms with van der Waals surface area (Å²) in [4.78, 5) is 50.2. The lowest BCUT2D eigenvalue weighted by molar-refractivity contribution is -0.121. The third-order valence-electron chi connectivity index (χ3n) is 5.12. The summed E-state index contributed by atoms with van der Waals surface area (Å²) in [5.41, 5.74) is 10.6. The van der Waals surface area contributed by atoms with E-state index in [1.54, 1.807) is 36.6 Å². The molecular weight excluding hydrogens is 661 g/mol. The number of aromatic amines is 1. The molecule has 0 aliphatic rings. The molecule has 208 valence electrons. The third kappa shape index (κ3) is 9.03. The summed E-state index contributed by atoms with van der Waals surface area (Å²) in [5.74, 6) is -1.75. The molecule has 0 bridgehead atoms. The number of benzene rings is 1. The zero-order valence-corrected chi connectivity index (χ0v) is 24.4. The van der Waals surface area contributed by atoms with Gasteiger partial charge in [-0.25, -0.2) is 13.4 Å². The van der Waals surface area contributed by atoms with Gasteiger partial charge in [-0.3, -0.25) is 19.1 Å². The number of rotatable bonds is 13. The van der Waals surface area contributed by atoms with Crippen LogP contribution < -0.4 is 27.1 Å². The lowest BCUT2D eigenvalue weighted by Crippen LogP contribution is -2.42. The van der Waals surface area contributed by atoms with Crippen molar-refractivity contribution in [3.8, 4) is 0 Å². The van der Waals surface area contributed by atoms with Crippen molar-refractivity contribution in [1.82, 2.24) is 15.3 Å². The number of nitrogens with two attached hydrogens (primary N) is 2. The molecular formula is C23H26IN7O6S2. The van der Waals surface area contributed by atoms with Gasteiger partial charge in [0.25, 0.3) is 5.56 Å². The average Bonchev–Trinajstić information content (AvgIpc) is 3.39. The molecule has 2 heterocycles. The number of thiazole rings is 1. The SMILES string of the molecule is Cc1cc(CC(=O)N[C@@H](CCON=C(N)N)C(=O)c2nccs2)c(NS(=O)(=O)Cc2ccccc2I)c(=O)[nH]1. The van der Waals surface area contributed by atoms with Gasteiger partial charge < -0.3 is 26.6 Å². The first kappa shape index (κ1) is 30.0. The molecule has 7 N–H and O–H groups in total. The van der Waals surface area contributed by atoms with E-state index in [0.29, 0.717) is 11.3 Å². The second kappa shape index (κ2) is 13.5. The van der Waals surface area contributed by atoms with Crippen LogP contribution in [0.25, 0.3) is 0 Å². The molecule has 3 aromatic rings. The van der Waals surface area contributed by atoms with E-state index >= 15 is 0 Å². The van der Waals surface area contributed by atoms with Crippen LogP contribution in [0, 0.1) is 10.5 Å². The molecule has 39 heavy (non-hydrogen) atoms. The highest BCUT2D eigenvalue weighted by Gasteiger charge is 2.26. The van der Waals surface area contributed by atoms with E-state index in [2.05, 4.69) is 25.2 Å². The zero-order valence-electron chi connectivity index (χ0n) is 20.6. The second-order valence-electron chi connectivity index (χ2n) is 8.27. The molecule has 16 heteroatoms. The number of amides is 1. The Hall–Kier alpha value is -3.51. The number of guanidine groups is 1. The van der Waals surface area contributed by atoms with Crippen molar-refractivity contribution in [2.45, 2.75) is 31.6 Å². The molecule has 1 aromatic carbocycles. The fraction of sp³-hybridized carbons (Fsp3) is 0.261. The Morgan fingerprint density at radius 2 is 2.00 bits per heavy atom. The van der Waals surface area contributed by atoms with Gasteiger partial charge >= 0.3 is 0 Å². The number of anilines is 1. The minimum atomic E-state index is -4.01. The molecule has 2 aromatic heterocycles. The fourth-order valence-corrected chi connectivity index (χ4v) is 6.23. The summed E-state index contributed by atoms with van der Waals surface area (Å²) in [6.45, 7) is 1.51. The monoisotopic (exact) mass is 687 g/mol. The Balaban J connectivity index is 1.80. The van der Waals surface area contributed by atoms with Gasteiger partial charge in [0.1, 0.15) is 12.3 Å². The van der Waals surface area contributed by atoms with Crippen LogP contribution in [-0.4, -0.2) is 48.7 Å². The van der Waals surface area contributed by atoms with E-state index in [1.165, 1.54) is 12.3 Å². The summed E-state index contributed by atoms with van der Waals surface area (Å²) in [5, 5.41) is 7.81. The second-order valence-corrected chi connectivity index (χ2v) is 12.0. The number of H-pyrrole nitrogens is 1. The van der Waals surface area contributed by atoms with Crippen molar-refractivity contribution in [3.05, 3.63) is 77.7 Å². The summed E-state index contributed by atoms with van der Waals surface area (Å²) in [6.07, 6.45) is 1.09. The number of carbonyl (C=O) groups is 2. The van der Waals surface area contributed by atoms with Crippen LogP contribution in [0.5, 0.6) is 0 Å².